The Labute approximate surface area is 154 Å². The smallest absolute Gasteiger partial charge is 0.162 e. The van der Waals surface area contributed by atoms with Gasteiger partial charge >= 0.3 is 0 Å². The van der Waals surface area contributed by atoms with Gasteiger partial charge < -0.3 is 4.72 Å². The molecule has 0 saturated heterocycles. The van der Waals surface area contributed by atoms with Crippen LogP contribution in [0.4, 0.5) is 5.69 Å². The first-order valence-corrected chi connectivity index (χ1v) is 8.79. The van der Waals surface area contributed by atoms with E-state index >= 15 is 0 Å². The van der Waals surface area contributed by atoms with Crippen molar-refractivity contribution in [1.29, 1.82) is 0 Å². The number of nitrogens with one attached hydrogen (secondary N) is 1. The molecule has 0 fully saturated rings. The Morgan fingerprint density at radius 1 is 1.12 bits per heavy atom. The molecular weight excluding hydrogens is 348 g/mol. The summed E-state index contributed by atoms with van der Waals surface area (Å²) < 4.78 is 6.80. The Kier molecular flexibility index (Phi) is 4.18. The molecule has 0 radical (unpaired) electrons. The average molecular weight is 364 g/mol. The van der Waals surface area contributed by atoms with E-state index in [1.165, 1.54) is 18.9 Å². The highest BCUT2D eigenvalue weighted by atomic mass is 32.2. The highest BCUT2D eigenvalue weighted by molar-refractivity contribution is 8.00. The minimum Gasteiger partial charge on any atom is -0.324 e. The van der Waals surface area contributed by atoms with Crippen molar-refractivity contribution in [2.75, 3.05) is 4.72 Å². The number of Topliss-reactive ketones (excluding diaryl/α,β-unsaturated/α-hetero) is 1. The van der Waals surface area contributed by atoms with Gasteiger partial charge in [0.15, 0.2) is 11.6 Å². The van der Waals surface area contributed by atoms with Gasteiger partial charge in [0.05, 0.1) is 29.2 Å². The molecule has 0 atom stereocenters. The monoisotopic (exact) mass is 364 g/mol. The molecule has 130 valence electrons. The highest BCUT2D eigenvalue weighted by Gasteiger charge is 2.08. The second kappa shape index (κ2) is 6.64. The van der Waals surface area contributed by atoms with E-state index in [0.29, 0.717) is 11.4 Å². The van der Waals surface area contributed by atoms with Crippen LogP contribution in [0.3, 0.4) is 0 Å². The minimum absolute atomic E-state index is 0.0167. The lowest BCUT2D eigenvalue weighted by Gasteiger charge is -2.08. The number of ketones is 1. The summed E-state index contributed by atoms with van der Waals surface area (Å²) in [7, 11) is 1.92. The van der Waals surface area contributed by atoms with Crippen molar-refractivity contribution in [1.82, 2.24) is 24.5 Å². The van der Waals surface area contributed by atoms with Gasteiger partial charge in [0, 0.05) is 29.7 Å². The third kappa shape index (κ3) is 3.06. The van der Waals surface area contributed by atoms with Gasteiger partial charge in [-0.25, -0.2) is 9.67 Å². The molecule has 1 aromatic carbocycles. The molecule has 4 rings (SSSR count). The van der Waals surface area contributed by atoms with Crippen molar-refractivity contribution in [3.05, 3.63) is 60.7 Å². The maximum Gasteiger partial charge on any atom is 0.162 e. The number of para-hydroxylation sites is 1. The van der Waals surface area contributed by atoms with Crippen LogP contribution >= 0.6 is 11.9 Å². The molecule has 0 aliphatic heterocycles. The number of aryl methyl sites for hydroxylation is 1. The van der Waals surface area contributed by atoms with Gasteiger partial charge in [-0.2, -0.15) is 10.2 Å². The molecular formula is C18H16N6OS. The molecule has 7 nitrogen and oxygen atoms in total. The van der Waals surface area contributed by atoms with E-state index in [4.69, 9.17) is 0 Å². The predicted octanol–water partition coefficient (Wildman–Crippen LogP) is 3.48. The summed E-state index contributed by atoms with van der Waals surface area (Å²) in [6, 6.07) is 9.88. The SMILES string of the molecule is CC(=O)c1cnn(-c2ccc(SNc3cccc4cnn(C)c34)cn2)c1. The van der Waals surface area contributed by atoms with Gasteiger partial charge in [-0.05, 0) is 37.1 Å². The minimum atomic E-state index is -0.0167. The largest absolute Gasteiger partial charge is 0.324 e. The number of benzene rings is 1. The zero-order valence-electron chi connectivity index (χ0n) is 14.2. The van der Waals surface area contributed by atoms with Gasteiger partial charge in [-0.1, -0.05) is 12.1 Å². The van der Waals surface area contributed by atoms with Crippen LogP contribution in [-0.2, 0) is 7.05 Å². The fourth-order valence-corrected chi connectivity index (χ4v) is 3.26. The summed E-state index contributed by atoms with van der Waals surface area (Å²) in [6.45, 7) is 1.52. The summed E-state index contributed by atoms with van der Waals surface area (Å²) >= 11 is 1.48. The number of hydrogen-bond donors (Lipinski definition) is 1. The van der Waals surface area contributed by atoms with E-state index < -0.39 is 0 Å². The summed E-state index contributed by atoms with van der Waals surface area (Å²) in [5.41, 5.74) is 2.61. The van der Waals surface area contributed by atoms with E-state index in [2.05, 4.69) is 19.9 Å². The molecule has 0 aliphatic rings. The molecule has 0 unspecified atom stereocenters. The van der Waals surface area contributed by atoms with Crippen molar-refractivity contribution >= 4 is 34.3 Å². The summed E-state index contributed by atoms with van der Waals surface area (Å²) in [5.74, 6) is 0.646. The van der Waals surface area contributed by atoms with Gasteiger partial charge in [-0.15, -0.1) is 0 Å². The predicted molar refractivity (Wildman–Crippen MR) is 102 cm³/mol. The quantitative estimate of drug-likeness (QED) is 0.431. The number of anilines is 1. The Bertz CT molecular complexity index is 1080. The van der Waals surface area contributed by atoms with Crippen LogP contribution in [0, 0.1) is 0 Å². The first-order valence-electron chi connectivity index (χ1n) is 7.97. The van der Waals surface area contributed by atoms with E-state index in [1.54, 1.807) is 23.3 Å². The lowest BCUT2D eigenvalue weighted by Crippen LogP contribution is -1.98. The van der Waals surface area contributed by atoms with Gasteiger partial charge in [-0.3, -0.25) is 9.48 Å². The van der Waals surface area contributed by atoms with Crippen LogP contribution < -0.4 is 4.72 Å². The van der Waals surface area contributed by atoms with Crippen LogP contribution in [0.25, 0.3) is 16.7 Å². The first-order chi connectivity index (χ1) is 12.6. The molecule has 0 spiro atoms. The molecule has 1 N–H and O–H groups in total. The normalized spacial score (nSPS) is 11.0. The molecule has 3 heterocycles. The second-order valence-corrected chi connectivity index (χ2v) is 6.68. The van der Waals surface area contributed by atoms with Crippen LogP contribution in [0.15, 0.2) is 60.0 Å². The summed E-state index contributed by atoms with van der Waals surface area (Å²) in [4.78, 5) is 16.7. The number of nitrogens with zero attached hydrogens (tertiary/aromatic N) is 5. The van der Waals surface area contributed by atoms with Crippen molar-refractivity contribution in [2.24, 2.45) is 7.05 Å². The summed E-state index contributed by atoms with van der Waals surface area (Å²) in [6.07, 6.45) is 6.84. The number of rotatable bonds is 5. The zero-order valence-corrected chi connectivity index (χ0v) is 15.1. The van der Waals surface area contributed by atoms with Crippen LogP contribution in [0.1, 0.15) is 17.3 Å². The van der Waals surface area contributed by atoms with Gasteiger partial charge in [0.2, 0.25) is 0 Å². The first kappa shape index (κ1) is 16.3. The fourth-order valence-electron chi connectivity index (χ4n) is 2.63. The molecule has 8 heteroatoms. The average Bonchev–Trinajstić information content (AvgIpc) is 3.28. The van der Waals surface area contributed by atoms with E-state index in [0.717, 1.165) is 21.5 Å². The molecule has 4 aromatic rings. The third-order valence-electron chi connectivity index (χ3n) is 3.98. The van der Waals surface area contributed by atoms with E-state index in [-0.39, 0.29) is 5.78 Å². The summed E-state index contributed by atoms with van der Waals surface area (Å²) in [5, 5.41) is 9.55. The van der Waals surface area contributed by atoms with E-state index in [1.807, 2.05) is 48.3 Å². The maximum atomic E-state index is 11.4. The Morgan fingerprint density at radius 3 is 2.73 bits per heavy atom. The molecule has 3 aromatic heterocycles. The molecule has 26 heavy (non-hydrogen) atoms. The van der Waals surface area contributed by atoms with E-state index in [9.17, 15) is 4.79 Å². The van der Waals surface area contributed by atoms with Crippen molar-refractivity contribution < 1.29 is 4.79 Å². The Balaban J connectivity index is 1.50. The third-order valence-corrected chi connectivity index (χ3v) is 4.78. The Morgan fingerprint density at radius 2 is 2.00 bits per heavy atom. The lowest BCUT2D eigenvalue weighted by molar-refractivity contribution is 0.101. The zero-order chi connectivity index (χ0) is 18.1. The van der Waals surface area contributed by atoms with Crippen LogP contribution in [0.5, 0.6) is 0 Å². The molecule has 0 bridgehead atoms. The number of carbonyl (C=O) groups excluding carboxylic acids is 1. The molecule has 0 saturated carbocycles. The highest BCUT2D eigenvalue weighted by Crippen LogP contribution is 2.27. The standard InChI is InChI=1S/C18H16N6OS/c1-12(25)14-9-21-24(11-14)17-7-6-15(10-19-17)26-22-16-5-3-4-13-8-20-23(2)18(13)16/h3-11,22H,1-2H3. The number of carbonyl (C=O) groups is 1. The lowest BCUT2D eigenvalue weighted by atomic mass is 10.2. The van der Waals surface area contributed by atoms with Crippen molar-refractivity contribution in [2.45, 2.75) is 11.8 Å². The topological polar surface area (TPSA) is 77.6 Å². The number of aromatic nitrogens is 5. The number of pyridine rings is 1. The second-order valence-electron chi connectivity index (χ2n) is 5.80. The fraction of sp³-hybridized carbons (Fsp3) is 0.111. The van der Waals surface area contributed by atoms with Crippen LogP contribution in [-0.4, -0.2) is 30.3 Å². The van der Waals surface area contributed by atoms with Gasteiger partial charge in [0.25, 0.3) is 0 Å². The van der Waals surface area contributed by atoms with Crippen molar-refractivity contribution in [3.63, 3.8) is 0 Å². The van der Waals surface area contributed by atoms with Gasteiger partial charge in [0.1, 0.15) is 0 Å². The maximum absolute atomic E-state index is 11.4. The number of hydrogen-bond acceptors (Lipinski definition) is 6. The molecule has 0 aliphatic carbocycles. The number of fused-ring (bicyclic) bond motifs is 1. The molecule has 0 amide bonds. The van der Waals surface area contributed by atoms with Crippen molar-refractivity contribution in [3.8, 4) is 5.82 Å². The Hall–Kier alpha value is -3.13. The van der Waals surface area contributed by atoms with Crippen LogP contribution in [0.2, 0.25) is 0 Å².